The van der Waals surface area contributed by atoms with Crippen molar-refractivity contribution in [3.05, 3.63) is 24.3 Å². The van der Waals surface area contributed by atoms with E-state index in [1.165, 1.54) is 0 Å². The van der Waals surface area contributed by atoms with Crippen molar-refractivity contribution in [3.8, 4) is 11.5 Å². The summed E-state index contributed by atoms with van der Waals surface area (Å²) in [5.41, 5.74) is 0. The molecule has 1 N–H and O–H groups in total. The highest BCUT2D eigenvalue weighted by atomic mass is 16.6. The number of benzene rings is 1. The Balaban J connectivity index is 1.45. The number of carbonyl (C=O) groups is 1. The van der Waals surface area contributed by atoms with E-state index in [0.717, 1.165) is 30.9 Å². The first-order valence-corrected chi connectivity index (χ1v) is 7.71. The average molecular weight is 306 g/mol. The van der Waals surface area contributed by atoms with Gasteiger partial charge in [-0.3, -0.25) is 0 Å². The summed E-state index contributed by atoms with van der Waals surface area (Å²) < 4.78 is 17.0. The third-order valence-corrected chi connectivity index (χ3v) is 3.90. The van der Waals surface area contributed by atoms with E-state index in [1.807, 2.05) is 24.3 Å². The number of urea groups is 1. The fourth-order valence-electron chi connectivity index (χ4n) is 2.68. The Morgan fingerprint density at radius 2 is 2.14 bits per heavy atom. The van der Waals surface area contributed by atoms with Crippen LogP contribution in [-0.2, 0) is 4.74 Å². The van der Waals surface area contributed by atoms with Crippen LogP contribution in [0.3, 0.4) is 0 Å². The highest BCUT2D eigenvalue weighted by Gasteiger charge is 2.24. The van der Waals surface area contributed by atoms with E-state index in [2.05, 4.69) is 5.32 Å². The molecule has 0 unspecified atom stereocenters. The van der Waals surface area contributed by atoms with Gasteiger partial charge >= 0.3 is 6.03 Å². The first kappa shape index (κ1) is 15.0. The number of nitrogens with one attached hydrogen (secondary N) is 1. The number of amides is 2. The van der Waals surface area contributed by atoms with E-state index in [-0.39, 0.29) is 18.2 Å². The van der Waals surface area contributed by atoms with Gasteiger partial charge in [0.05, 0.1) is 12.6 Å². The fraction of sp³-hybridized carbons (Fsp3) is 0.562. The summed E-state index contributed by atoms with van der Waals surface area (Å²) in [4.78, 5) is 13.7. The molecule has 1 aromatic carbocycles. The monoisotopic (exact) mass is 306 g/mol. The van der Waals surface area contributed by atoms with Crippen molar-refractivity contribution in [2.75, 3.05) is 33.4 Å². The molecule has 120 valence electrons. The van der Waals surface area contributed by atoms with Gasteiger partial charge in [-0.15, -0.1) is 0 Å². The quantitative estimate of drug-likeness (QED) is 0.919. The number of likely N-dealkylation sites (N-methyl/N-ethyl adjacent to an activating group) is 1. The Hall–Kier alpha value is -1.95. The second kappa shape index (κ2) is 6.87. The Kier molecular flexibility index (Phi) is 4.68. The molecule has 2 aliphatic heterocycles. The number of fused-ring (bicyclic) bond motifs is 1. The first-order chi connectivity index (χ1) is 10.7. The third-order valence-electron chi connectivity index (χ3n) is 3.90. The SMILES string of the molecule is CN(C[C@@H]1COc2ccccc2O1)C(=O)NC[C@H]1CCCO1. The minimum absolute atomic E-state index is 0.113. The lowest BCUT2D eigenvalue weighted by Crippen LogP contribution is -2.46. The van der Waals surface area contributed by atoms with Crippen LogP contribution in [0.4, 0.5) is 4.79 Å². The van der Waals surface area contributed by atoms with Crippen LogP contribution in [0.2, 0.25) is 0 Å². The standard InChI is InChI=1S/C16H22N2O4/c1-18(16(19)17-9-12-5-4-8-20-12)10-13-11-21-14-6-2-3-7-15(14)22-13/h2-3,6-7,12-13H,4-5,8-11H2,1H3,(H,17,19)/t12-,13-/m1/s1. The van der Waals surface area contributed by atoms with Crippen LogP contribution in [0.15, 0.2) is 24.3 Å². The van der Waals surface area contributed by atoms with Gasteiger partial charge in [-0.05, 0) is 25.0 Å². The molecule has 6 nitrogen and oxygen atoms in total. The summed E-state index contributed by atoms with van der Waals surface area (Å²) in [5, 5.41) is 2.90. The topological polar surface area (TPSA) is 60.0 Å². The van der Waals surface area contributed by atoms with Crippen LogP contribution in [0.1, 0.15) is 12.8 Å². The lowest BCUT2D eigenvalue weighted by molar-refractivity contribution is 0.0702. The summed E-state index contributed by atoms with van der Waals surface area (Å²) in [7, 11) is 1.76. The number of ether oxygens (including phenoxy) is 3. The van der Waals surface area contributed by atoms with Crippen molar-refractivity contribution >= 4 is 6.03 Å². The molecule has 0 bridgehead atoms. The summed E-state index contributed by atoms with van der Waals surface area (Å²) >= 11 is 0. The van der Waals surface area contributed by atoms with Crippen molar-refractivity contribution in [2.45, 2.75) is 25.0 Å². The third kappa shape index (κ3) is 3.62. The fourth-order valence-corrected chi connectivity index (χ4v) is 2.68. The van der Waals surface area contributed by atoms with Crippen LogP contribution in [0, 0.1) is 0 Å². The second-order valence-corrected chi connectivity index (χ2v) is 5.70. The van der Waals surface area contributed by atoms with Gasteiger partial charge in [-0.25, -0.2) is 4.79 Å². The Morgan fingerprint density at radius 1 is 1.32 bits per heavy atom. The van der Waals surface area contributed by atoms with E-state index >= 15 is 0 Å². The Bertz CT molecular complexity index is 517. The van der Waals surface area contributed by atoms with E-state index < -0.39 is 0 Å². The molecule has 0 aliphatic carbocycles. The summed E-state index contributed by atoms with van der Waals surface area (Å²) in [6, 6.07) is 7.45. The second-order valence-electron chi connectivity index (χ2n) is 5.70. The molecule has 2 aliphatic rings. The molecule has 1 saturated heterocycles. The molecule has 1 aromatic rings. The van der Waals surface area contributed by atoms with Gasteiger partial charge in [0, 0.05) is 20.2 Å². The molecule has 0 radical (unpaired) electrons. The van der Waals surface area contributed by atoms with Crippen LogP contribution in [0.25, 0.3) is 0 Å². The highest BCUT2D eigenvalue weighted by Crippen LogP contribution is 2.30. The predicted molar refractivity (Wildman–Crippen MR) is 81.4 cm³/mol. The van der Waals surface area contributed by atoms with Crippen LogP contribution < -0.4 is 14.8 Å². The van der Waals surface area contributed by atoms with Crippen LogP contribution in [0.5, 0.6) is 11.5 Å². The molecule has 0 saturated carbocycles. The summed E-state index contributed by atoms with van der Waals surface area (Å²) in [5.74, 6) is 1.48. The number of hydrogen-bond acceptors (Lipinski definition) is 4. The van der Waals surface area contributed by atoms with Gasteiger partial charge in [0.25, 0.3) is 0 Å². The van der Waals surface area contributed by atoms with E-state index in [0.29, 0.717) is 19.7 Å². The number of nitrogens with zero attached hydrogens (tertiary/aromatic N) is 1. The number of rotatable bonds is 4. The smallest absolute Gasteiger partial charge is 0.317 e. The maximum Gasteiger partial charge on any atom is 0.317 e. The zero-order valence-corrected chi connectivity index (χ0v) is 12.8. The predicted octanol–water partition coefficient (Wildman–Crippen LogP) is 1.65. The first-order valence-electron chi connectivity index (χ1n) is 7.71. The molecule has 2 atom stereocenters. The zero-order chi connectivity index (χ0) is 15.4. The summed E-state index contributed by atoms with van der Waals surface area (Å²) in [6.45, 7) is 2.28. The number of carbonyl (C=O) groups excluding carboxylic acids is 1. The van der Waals surface area contributed by atoms with Crippen LogP contribution in [-0.4, -0.2) is 56.5 Å². The van der Waals surface area contributed by atoms with Crippen molar-refractivity contribution < 1.29 is 19.0 Å². The largest absolute Gasteiger partial charge is 0.486 e. The van der Waals surface area contributed by atoms with E-state index in [9.17, 15) is 4.79 Å². The van der Waals surface area contributed by atoms with Crippen LogP contribution >= 0.6 is 0 Å². The average Bonchev–Trinajstić information content (AvgIpc) is 3.06. The van der Waals surface area contributed by atoms with Crippen molar-refractivity contribution in [3.63, 3.8) is 0 Å². The maximum absolute atomic E-state index is 12.1. The van der Waals surface area contributed by atoms with Gasteiger partial charge < -0.3 is 24.4 Å². The van der Waals surface area contributed by atoms with E-state index in [1.54, 1.807) is 11.9 Å². The minimum Gasteiger partial charge on any atom is -0.486 e. The lowest BCUT2D eigenvalue weighted by Gasteiger charge is -2.29. The number of hydrogen-bond donors (Lipinski definition) is 1. The minimum atomic E-state index is -0.159. The van der Waals surface area contributed by atoms with Gasteiger partial charge in [0.1, 0.15) is 6.61 Å². The van der Waals surface area contributed by atoms with Gasteiger partial charge in [0.15, 0.2) is 17.6 Å². The molecule has 0 spiro atoms. The van der Waals surface area contributed by atoms with Crippen molar-refractivity contribution in [1.82, 2.24) is 10.2 Å². The molecular formula is C16H22N2O4. The molecule has 2 heterocycles. The Morgan fingerprint density at radius 3 is 2.91 bits per heavy atom. The molecule has 22 heavy (non-hydrogen) atoms. The molecule has 3 rings (SSSR count). The molecule has 6 heteroatoms. The summed E-state index contributed by atoms with van der Waals surface area (Å²) in [6.07, 6.45) is 2.08. The maximum atomic E-state index is 12.1. The zero-order valence-electron chi connectivity index (χ0n) is 12.8. The number of para-hydroxylation sites is 2. The van der Waals surface area contributed by atoms with Gasteiger partial charge in [0.2, 0.25) is 0 Å². The molecule has 1 fully saturated rings. The molecular weight excluding hydrogens is 284 g/mol. The van der Waals surface area contributed by atoms with Crippen molar-refractivity contribution in [2.24, 2.45) is 0 Å². The normalized spacial score (nSPS) is 23.1. The highest BCUT2D eigenvalue weighted by molar-refractivity contribution is 5.73. The molecule has 2 amide bonds. The lowest BCUT2D eigenvalue weighted by atomic mass is 10.2. The van der Waals surface area contributed by atoms with Crippen molar-refractivity contribution in [1.29, 1.82) is 0 Å². The molecule has 0 aromatic heterocycles. The van der Waals surface area contributed by atoms with Gasteiger partial charge in [-0.2, -0.15) is 0 Å². The van der Waals surface area contributed by atoms with Gasteiger partial charge in [-0.1, -0.05) is 12.1 Å². The Labute approximate surface area is 130 Å². The van der Waals surface area contributed by atoms with E-state index in [4.69, 9.17) is 14.2 Å².